The number of nitrogens with zero attached hydrogens (tertiary/aromatic N) is 2. The maximum atomic E-state index is 5.82. The molecule has 0 unspecified atom stereocenters. The third-order valence-electron chi connectivity index (χ3n) is 2.18. The van der Waals surface area contributed by atoms with Gasteiger partial charge in [0.15, 0.2) is 0 Å². The second-order valence-corrected chi connectivity index (χ2v) is 5.30. The van der Waals surface area contributed by atoms with Gasteiger partial charge in [-0.3, -0.25) is 4.68 Å². The minimum absolute atomic E-state index is 0.782. The van der Waals surface area contributed by atoms with E-state index in [1.807, 2.05) is 31.6 Å². The van der Waals surface area contributed by atoms with Crippen LogP contribution < -0.4 is 5.73 Å². The van der Waals surface area contributed by atoms with E-state index in [0.29, 0.717) is 0 Å². The molecule has 2 aromatic rings. The molecule has 0 amide bonds. The summed E-state index contributed by atoms with van der Waals surface area (Å²) in [5.74, 6) is 0.886. The van der Waals surface area contributed by atoms with E-state index in [0.717, 1.165) is 20.8 Å². The molecule has 0 saturated heterocycles. The Bertz CT molecular complexity index is 496. The van der Waals surface area contributed by atoms with Crippen LogP contribution in [0.5, 0.6) is 0 Å². The predicted octanol–water partition coefficient (Wildman–Crippen LogP) is 3.06. The van der Waals surface area contributed by atoms with Crippen LogP contribution in [0.25, 0.3) is 0 Å². The first-order valence-corrected chi connectivity index (χ1v) is 6.59. The number of anilines is 1. The Morgan fingerprint density at radius 3 is 3.00 bits per heavy atom. The number of thioether (sulfide) groups is 1. The molecule has 0 radical (unpaired) electrons. The van der Waals surface area contributed by atoms with Crippen molar-refractivity contribution in [3.63, 3.8) is 0 Å². The minimum Gasteiger partial charge on any atom is -0.398 e. The molecule has 0 aliphatic heterocycles. The zero-order chi connectivity index (χ0) is 11.5. The SMILES string of the molecule is Cn1cc(SCc2cccc(N)c2Br)cn1. The van der Waals surface area contributed by atoms with Crippen LogP contribution in [0.15, 0.2) is 40.0 Å². The summed E-state index contributed by atoms with van der Waals surface area (Å²) in [6, 6.07) is 5.94. The average molecular weight is 298 g/mol. The normalized spacial score (nSPS) is 10.6. The molecule has 3 nitrogen and oxygen atoms in total. The highest BCUT2D eigenvalue weighted by Gasteiger charge is 2.04. The quantitative estimate of drug-likeness (QED) is 0.699. The van der Waals surface area contributed by atoms with Crippen molar-refractivity contribution in [1.29, 1.82) is 0 Å². The van der Waals surface area contributed by atoms with Crippen molar-refractivity contribution in [2.45, 2.75) is 10.6 Å². The number of nitrogens with two attached hydrogens (primary N) is 1. The van der Waals surface area contributed by atoms with Crippen molar-refractivity contribution < 1.29 is 0 Å². The van der Waals surface area contributed by atoms with Crippen molar-refractivity contribution in [3.05, 3.63) is 40.6 Å². The Morgan fingerprint density at radius 2 is 2.31 bits per heavy atom. The Morgan fingerprint density at radius 1 is 1.50 bits per heavy atom. The zero-order valence-electron chi connectivity index (χ0n) is 8.85. The van der Waals surface area contributed by atoms with Crippen LogP contribution in [0.2, 0.25) is 0 Å². The molecule has 0 atom stereocenters. The molecule has 0 aliphatic rings. The highest BCUT2D eigenvalue weighted by molar-refractivity contribution is 9.10. The predicted molar refractivity (Wildman–Crippen MR) is 71.3 cm³/mol. The molecule has 0 bridgehead atoms. The van der Waals surface area contributed by atoms with Gasteiger partial charge in [-0.2, -0.15) is 5.10 Å². The van der Waals surface area contributed by atoms with Gasteiger partial charge in [0, 0.05) is 34.1 Å². The van der Waals surface area contributed by atoms with Gasteiger partial charge in [-0.15, -0.1) is 11.8 Å². The van der Waals surface area contributed by atoms with E-state index in [1.165, 1.54) is 5.56 Å². The molecule has 0 fully saturated rings. The van der Waals surface area contributed by atoms with Gasteiger partial charge in [-0.05, 0) is 27.6 Å². The maximum Gasteiger partial charge on any atom is 0.0625 e. The van der Waals surface area contributed by atoms with Crippen LogP contribution in [0.1, 0.15) is 5.56 Å². The van der Waals surface area contributed by atoms with Crippen LogP contribution >= 0.6 is 27.7 Å². The van der Waals surface area contributed by atoms with Gasteiger partial charge in [0.25, 0.3) is 0 Å². The second kappa shape index (κ2) is 4.93. The highest BCUT2D eigenvalue weighted by atomic mass is 79.9. The largest absolute Gasteiger partial charge is 0.398 e. The number of benzene rings is 1. The van der Waals surface area contributed by atoms with Crippen LogP contribution in [-0.4, -0.2) is 9.78 Å². The highest BCUT2D eigenvalue weighted by Crippen LogP contribution is 2.29. The molecular weight excluding hydrogens is 286 g/mol. The fraction of sp³-hybridized carbons (Fsp3) is 0.182. The van der Waals surface area contributed by atoms with Gasteiger partial charge in [0.05, 0.1) is 6.20 Å². The monoisotopic (exact) mass is 297 g/mol. The number of hydrogen-bond acceptors (Lipinski definition) is 3. The molecule has 0 spiro atoms. The van der Waals surface area contributed by atoms with E-state index in [1.54, 1.807) is 16.4 Å². The van der Waals surface area contributed by atoms with Crippen molar-refractivity contribution in [3.8, 4) is 0 Å². The lowest BCUT2D eigenvalue weighted by Crippen LogP contribution is -1.90. The number of rotatable bonds is 3. The van der Waals surface area contributed by atoms with Gasteiger partial charge >= 0.3 is 0 Å². The van der Waals surface area contributed by atoms with Crippen LogP contribution in [0.3, 0.4) is 0 Å². The Kier molecular flexibility index (Phi) is 3.56. The van der Waals surface area contributed by atoms with Crippen LogP contribution in [0.4, 0.5) is 5.69 Å². The maximum absolute atomic E-state index is 5.82. The molecule has 1 aromatic heterocycles. The van der Waals surface area contributed by atoms with Gasteiger partial charge in [0.2, 0.25) is 0 Å². The molecule has 2 N–H and O–H groups in total. The Balaban J connectivity index is 2.07. The number of nitrogen functional groups attached to an aromatic ring is 1. The lowest BCUT2D eigenvalue weighted by molar-refractivity contribution is 0.766. The summed E-state index contributed by atoms with van der Waals surface area (Å²) in [7, 11) is 1.92. The molecule has 0 saturated carbocycles. The average Bonchev–Trinajstić information content (AvgIpc) is 2.67. The van der Waals surface area contributed by atoms with Gasteiger partial charge < -0.3 is 5.73 Å². The first-order chi connectivity index (χ1) is 7.66. The number of aromatic nitrogens is 2. The molecule has 1 aromatic carbocycles. The van der Waals surface area contributed by atoms with Crippen molar-refractivity contribution in [1.82, 2.24) is 9.78 Å². The Hall–Kier alpha value is -0.940. The fourth-order valence-corrected chi connectivity index (χ4v) is 2.85. The second-order valence-electron chi connectivity index (χ2n) is 3.46. The van der Waals surface area contributed by atoms with E-state index in [2.05, 4.69) is 27.1 Å². The number of hydrogen-bond donors (Lipinski definition) is 1. The summed E-state index contributed by atoms with van der Waals surface area (Å²) in [4.78, 5) is 1.16. The molecule has 5 heteroatoms. The van der Waals surface area contributed by atoms with E-state index < -0.39 is 0 Å². The smallest absolute Gasteiger partial charge is 0.0625 e. The standard InChI is InChI=1S/C11H12BrN3S/c1-15-6-9(5-14-15)16-7-8-3-2-4-10(13)11(8)12/h2-6H,7,13H2,1H3. The number of halogens is 1. The van der Waals surface area contributed by atoms with Crippen LogP contribution in [-0.2, 0) is 12.8 Å². The van der Waals surface area contributed by atoms with E-state index >= 15 is 0 Å². The van der Waals surface area contributed by atoms with Crippen LogP contribution in [0, 0.1) is 0 Å². The van der Waals surface area contributed by atoms with Crippen molar-refractivity contribution in [2.75, 3.05) is 5.73 Å². The lowest BCUT2D eigenvalue weighted by Gasteiger charge is -2.05. The van der Waals surface area contributed by atoms with Crippen molar-refractivity contribution in [2.24, 2.45) is 7.05 Å². The molecule has 1 heterocycles. The lowest BCUT2D eigenvalue weighted by atomic mass is 10.2. The van der Waals surface area contributed by atoms with E-state index in [-0.39, 0.29) is 0 Å². The fourth-order valence-electron chi connectivity index (χ4n) is 1.35. The van der Waals surface area contributed by atoms with E-state index in [9.17, 15) is 0 Å². The zero-order valence-corrected chi connectivity index (χ0v) is 11.3. The summed E-state index contributed by atoms with van der Waals surface area (Å²) >= 11 is 5.25. The topological polar surface area (TPSA) is 43.8 Å². The third kappa shape index (κ3) is 2.59. The third-order valence-corrected chi connectivity index (χ3v) is 4.15. The first-order valence-electron chi connectivity index (χ1n) is 4.81. The van der Waals surface area contributed by atoms with Gasteiger partial charge in [0.1, 0.15) is 0 Å². The van der Waals surface area contributed by atoms with Crippen molar-refractivity contribution >= 4 is 33.4 Å². The molecular formula is C11H12BrN3S. The molecule has 84 valence electrons. The summed E-state index contributed by atoms with van der Waals surface area (Å²) < 4.78 is 2.79. The van der Waals surface area contributed by atoms with Gasteiger partial charge in [-0.1, -0.05) is 12.1 Å². The summed E-state index contributed by atoms with van der Waals surface area (Å²) in [5.41, 5.74) is 7.81. The summed E-state index contributed by atoms with van der Waals surface area (Å²) in [6.07, 6.45) is 3.87. The minimum atomic E-state index is 0.782. The first kappa shape index (κ1) is 11.5. The van der Waals surface area contributed by atoms with Gasteiger partial charge in [-0.25, -0.2) is 0 Å². The number of aryl methyl sites for hydroxylation is 1. The molecule has 2 rings (SSSR count). The molecule has 0 aliphatic carbocycles. The molecule has 16 heavy (non-hydrogen) atoms. The summed E-state index contributed by atoms with van der Waals surface area (Å²) in [6.45, 7) is 0. The van der Waals surface area contributed by atoms with E-state index in [4.69, 9.17) is 5.73 Å². The Labute approximate surface area is 107 Å². The summed E-state index contributed by atoms with van der Waals surface area (Å²) in [5, 5.41) is 4.13.